The van der Waals surface area contributed by atoms with Crippen LogP contribution in [0.3, 0.4) is 0 Å². The second-order valence-electron chi connectivity index (χ2n) is 28.3. The number of rotatable bonds is 27. The Labute approximate surface area is 709 Å². The van der Waals surface area contributed by atoms with Crippen LogP contribution in [0.4, 0.5) is 0 Å². The number of thiophene rings is 1. The second-order valence-corrected chi connectivity index (χ2v) is 35.4. The number of carbonyl (C=O) groups excluding carboxylic acids is 3. The quantitative estimate of drug-likeness (QED) is 0.0261. The molecule has 0 unspecified atom stereocenters. The normalized spacial score (nSPS) is 11.5. The molecule has 0 fully saturated rings. The lowest BCUT2D eigenvalue weighted by Crippen LogP contribution is -2.31. The molecule has 0 saturated heterocycles. The minimum Gasteiger partial charge on any atom is -0.494 e. The fourth-order valence-corrected chi connectivity index (χ4v) is 18.2. The van der Waals surface area contributed by atoms with Crippen LogP contribution in [-0.4, -0.2) is 87.7 Å². The van der Waals surface area contributed by atoms with E-state index in [4.69, 9.17) is 49.0 Å². The number of sulfonamides is 3. The standard InChI is InChI=1S/2C31H28ClN3O4S.C30H27ClN2O4S2/c1-20-17-23(18-21(2)28(20)32)39-16-8-14-27-26-13-6-12-25(22-9-7-15-33-19-22)29(26)34-30(27)31(36)35-40(37,38)24-10-4-3-5-11-24;1-20-18-23(19-21(2)28(20)32)39-17-7-12-27-26-11-6-10-25(22-13-15-33-16-14-22)29(26)34-30(27)31(36)35-40(37,38)24-8-4-3-5-9-24;1-19-17-21(18-20(2)27(19)31)37-15-7-13-24-23-11-6-12-25(26-14-8-16-38-26)28(23)32-29(24)30(34)33-39(35,36)22-9-4-3-5-10-22/h3-7,9-13,15,17-19,34H,8,14,16H2,1-2H3,(H,35,36);3-6,8-11,13-16,18-19,34H,7,12,17H2,1-2H3,(H,35,36);3-6,8-12,14,16-18,32H,7,13,15H2,1-2H3,(H,33,34). The van der Waals surface area contributed by atoms with Crippen LogP contribution in [0.25, 0.3) is 65.4 Å². The number of aromatic nitrogens is 5. The summed E-state index contributed by atoms with van der Waals surface area (Å²) in [7, 11) is -12.2. The van der Waals surface area contributed by atoms with Gasteiger partial charge in [0.15, 0.2) is 0 Å². The van der Waals surface area contributed by atoms with Crippen LogP contribution < -0.4 is 28.4 Å². The number of nitrogens with zero attached hydrogens (tertiary/aromatic N) is 2. The van der Waals surface area contributed by atoms with E-state index in [1.165, 1.54) is 36.4 Å². The van der Waals surface area contributed by atoms with Gasteiger partial charge in [0.05, 0.1) is 51.1 Å². The molecule has 27 heteroatoms. The van der Waals surface area contributed by atoms with Crippen LogP contribution in [-0.2, 0) is 49.3 Å². The van der Waals surface area contributed by atoms with Crippen molar-refractivity contribution in [3.05, 3.63) is 331 Å². The van der Waals surface area contributed by atoms with Gasteiger partial charge in [-0.1, -0.05) is 156 Å². The zero-order chi connectivity index (χ0) is 84.1. The Morgan fingerprint density at radius 3 is 1.03 bits per heavy atom. The third-order valence-corrected chi connectivity index (χ3v) is 26.6. The van der Waals surface area contributed by atoms with Crippen molar-refractivity contribution in [1.82, 2.24) is 39.1 Å². The molecule has 0 bridgehead atoms. The molecule has 6 heterocycles. The summed E-state index contributed by atoms with van der Waals surface area (Å²) in [4.78, 5) is 59.5. The molecular formula is C92H83Cl3N8O12S4. The molecule has 0 radical (unpaired) electrons. The number of carbonyl (C=O) groups is 3. The van der Waals surface area contributed by atoms with Crippen LogP contribution in [0, 0.1) is 41.5 Å². The lowest BCUT2D eigenvalue weighted by atomic mass is 10.0. The Morgan fingerprint density at radius 2 is 0.706 bits per heavy atom. The SMILES string of the molecule is Cc1cc(OCCCc2c(C(=O)NS(=O)(=O)c3ccccc3)[nH]c3c(-c4cccnc4)cccc23)cc(C)c1Cl.Cc1cc(OCCCc2c(C(=O)NS(=O)(=O)c3ccccc3)[nH]c3c(-c4cccs4)cccc23)cc(C)c1Cl.Cc1cc(OCCCc2c(C(=O)NS(=O)(=O)c3ccccc3)[nH]c3c(-c4ccncc4)cccc23)cc(C)c1Cl. The van der Waals surface area contributed by atoms with Gasteiger partial charge >= 0.3 is 0 Å². The van der Waals surface area contributed by atoms with Crippen LogP contribution in [0.15, 0.2) is 263 Å². The molecule has 15 aromatic rings. The summed E-state index contributed by atoms with van der Waals surface area (Å²) in [5.41, 5.74) is 15.2. The molecular weight excluding hydrogens is 1640 g/mol. The monoisotopic (exact) mass is 1720 g/mol. The molecule has 3 amide bonds. The smallest absolute Gasteiger partial charge is 0.281 e. The summed E-state index contributed by atoms with van der Waals surface area (Å²) in [5, 5.41) is 6.71. The molecule has 6 N–H and O–H groups in total. The number of fused-ring (bicyclic) bond motifs is 3. The zero-order valence-corrected chi connectivity index (χ0v) is 71.1. The molecule has 0 saturated carbocycles. The maximum absolute atomic E-state index is 13.5. The number of H-pyrrole nitrogens is 3. The maximum Gasteiger partial charge on any atom is 0.281 e. The highest BCUT2D eigenvalue weighted by molar-refractivity contribution is 7.90. The molecule has 0 aliphatic rings. The lowest BCUT2D eigenvalue weighted by molar-refractivity contribution is 0.0967. The summed E-state index contributed by atoms with van der Waals surface area (Å²) in [5.74, 6) is 0.0410. The zero-order valence-electron chi connectivity index (χ0n) is 65.6. The van der Waals surface area contributed by atoms with Gasteiger partial charge in [0, 0.05) is 83.1 Å². The number of hydrogen-bond acceptors (Lipinski definition) is 15. The third-order valence-electron chi connectivity index (χ3n) is 19.8. The molecule has 0 atom stereocenters. The average molecular weight is 1730 g/mol. The van der Waals surface area contributed by atoms with E-state index in [0.29, 0.717) is 63.9 Å². The van der Waals surface area contributed by atoms with Gasteiger partial charge in [0.2, 0.25) is 0 Å². The summed E-state index contributed by atoms with van der Waals surface area (Å²) < 4.78 is 102. The van der Waals surface area contributed by atoms with Gasteiger partial charge in [0.1, 0.15) is 34.3 Å². The highest BCUT2D eigenvalue weighted by Crippen LogP contribution is 2.39. The Morgan fingerprint density at radius 1 is 0.370 bits per heavy atom. The molecule has 0 spiro atoms. The van der Waals surface area contributed by atoms with Crippen molar-refractivity contribution in [1.29, 1.82) is 0 Å². The first-order chi connectivity index (χ1) is 57.2. The molecule has 9 aromatic carbocycles. The van der Waals surface area contributed by atoms with Gasteiger partial charge in [0.25, 0.3) is 47.8 Å². The first kappa shape index (κ1) is 85.0. The topological polar surface area (TPSA) is 291 Å². The van der Waals surface area contributed by atoms with E-state index in [9.17, 15) is 39.6 Å². The van der Waals surface area contributed by atoms with E-state index in [-0.39, 0.29) is 31.8 Å². The summed E-state index contributed by atoms with van der Waals surface area (Å²) in [6.45, 7) is 12.8. The Balaban J connectivity index is 0.000000155. The van der Waals surface area contributed by atoms with Crippen molar-refractivity contribution in [3.8, 4) is 49.9 Å². The molecule has 0 aliphatic heterocycles. The van der Waals surface area contributed by atoms with Crippen LogP contribution >= 0.6 is 46.1 Å². The van der Waals surface area contributed by atoms with Crippen molar-refractivity contribution in [3.63, 3.8) is 0 Å². The fourth-order valence-electron chi connectivity index (χ4n) is 14.1. The summed E-state index contributed by atoms with van der Waals surface area (Å²) in [6, 6.07) is 63.9. The van der Waals surface area contributed by atoms with Crippen LogP contribution in [0.5, 0.6) is 17.2 Å². The summed E-state index contributed by atoms with van der Waals surface area (Å²) >= 11 is 20.4. The predicted octanol–water partition coefficient (Wildman–Crippen LogP) is 20.6. The molecule has 119 heavy (non-hydrogen) atoms. The predicted molar refractivity (Wildman–Crippen MR) is 472 cm³/mol. The number of halogens is 3. The van der Waals surface area contributed by atoms with Crippen molar-refractivity contribution in [2.24, 2.45) is 0 Å². The number of hydrogen-bond donors (Lipinski definition) is 6. The highest BCUT2D eigenvalue weighted by Gasteiger charge is 2.29. The van der Waals surface area contributed by atoms with Crippen LogP contribution in [0.2, 0.25) is 15.1 Å². The fraction of sp³-hybridized carbons (Fsp3) is 0.163. The van der Waals surface area contributed by atoms with Gasteiger partial charge in [-0.3, -0.25) is 24.4 Å². The molecule has 6 aromatic heterocycles. The second kappa shape index (κ2) is 37.8. The van der Waals surface area contributed by atoms with Crippen LogP contribution in [0.1, 0.15) is 101 Å². The van der Waals surface area contributed by atoms with Gasteiger partial charge in [-0.05, 0) is 238 Å². The Kier molecular flexibility index (Phi) is 27.0. The van der Waals surface area contributed by atoms with E-state index >= 15 is 0 Å². The van der Waals surface area contributed by atoms with E-state index in [1.54, 1.807) is 90.7 Å². The number of aromatic amines is 3. The third kappa shape index (κ3) is 20.1. The number of nitrogens with one attached hydrogen (secondary N) is 6. The van der Waals surface area contributed by atoms with Crippen molar-refractivity contribution in [2.45, 2.75) is 94.8 Å². The Bertz CT molecular complexity index is 6240. The number of benzene rings is 9. The Hall–Kier alpha value is -11.9. The number of amides is 3. The number of aryl methyl sites for hydroxylation is 9. The lowest BCUT2D eigenvalue weighted by Gasteiger charge is -2.11. The minimum atomic E-state index is -4.06. The van der Waals surface area contributed by atoms with E-state index in [0.717, 1.165) is 142 Å². The average Bonchev–Trinajstić information content (AvgIpc) is 1.61. The van der Waals surface area contributed by atoms with Gasteiger partial charge < -0.3 is 29.2 Å². The molecule has 608 valence electrons. The van der Waals surface area contributed by atoms with Crippen molar-refractivity contribution in [2.75, 3.05) is 19.8 Å². The first-order valence-corrected chi connectivity index (χ1v) is 44.5. The van der Waals surface area contributed by atoms with Crippen molar-refractivity contribution >= 4 is 127 Å². The number of para-hydroxylation sites is 3. The largest absolute Gasteiger partial charge is 0.494 e. The maximum atomic E-state index is 13.5. The number of ether oxygens (including phenoxy) is 3. The first-order valence-electron chi connectivity index (χ1n) is 38.0. The number of pyridine rings is 2. The molecule has 0 aliphatic carbocycles. The van der Waals surface area contributed by atoms with E-state index in [2.05, 4.69) is 39.1 Å². The minimum absolute atomic E-state index is 0.0130. The molecule has 15 rings (SSSR count). The highest BCUT2D eigenvalue weighted by atomic mass is 35.5. The van der Waals surface area contributed by atoms with E-state index in [1.807, 2.05) is 174 Å². The molecule has 20 nitrogen and oxygen atoms in total. The van der Waals surface area contributed by atoms with Gasteiger partial charge in [-0.2, -0.15) is 0 Å². The van der Waals surface area contributed by atoms with Crippen molar-refractivity contribution < 1.29 is 53.8 Å². The van der Waals surface area contributed by atoms with E-state index < -0.39 is 47.8 Å². The van der Waals surface area contributed by atoms with Gasteiger partial charge in [-0.25, -0.2) is 39.4 Å². The summed E-state index contributed by atoms with van der Waals surface area (Å²) in [6.07, 6.45) is 10.1. The van der Waals surface area contributed by atoms with Gasteiger partial charge in [-0.15, -0.1) is 11.3 Å².